The van der Waals surface area contributed by atoms with E-state index in [1.165, 1.54) is 18.4 Å². The largest absolute Gasteiger partial charge is 0.341 e. The topological polar surface area (TPSA) is 44.4 Å². The summed E-state index contributed by atoms with van der Waals surface area (Å²) >= 11 is 0. The SMILES string of the molecule is CC1CCC(N(C)C(=O)C2CC(c3ccccc3)NN2)CC1. The monoisotopic (exact) mass is 301 g/mol. The predicted octanol–water partition coefficient (Wildman–Crippen LogP) is 2.63. The molecule has 0 bridgehead atoms. The molecule has 4 heteroatoms. The summed E-state index contributed by atoms with van der Waals surface area (Å²) in [5.41, 5.74) is 7.70. The minimum Gasteiger partial charge on any atom is -0.341 e. The molecule has 2 aliphatic rings. The molecular weight excluding hydrogens is 274 g/mol. The molecule has 0 spiro atoms. The van der Waals surface area contributed by atoms with E-state index >= 15 is 0 Å². The molecule has 22 heavy (non-hydrogen) atoms. The van der Waals surface area contributed by atoms with Crippen molar-refractivity contribution in [2.75, 3.05) is 7.05 Å². The molecule has 1 aliphatic carbocycles. The number of hydrazine groups is 1. The standard InChI is InChI=1S/C18H27N3O/c1-13-8-10-15(11-9-13)21(2)18(22)17-12-16(19-20-17)14-6-4-3-5-7-14/h3-7,13,15-17,19-20H,8-12H2,1-2H3. The summed E-state index contributed by atoms with van der Waals surface area (Å²) in [7, 11) is 1.97. The predicted molar refractivity (Wildman–Crippen MR) is 88.0 cm³/mol. The Hall–Kier alpha value is -1.39. The lowest BCUT2D eigenvalue weighted by Crippen LogP contribution is -2.48. The molecule has 0 radical (unpaired) electrons. The molecule has 4 nitrogen and oxygen atoms in total. The number of carbonyl (C=O) groups excluding carboxylic acids is 1. The van der Waals surface area contributed by atoms with Gasteiger partial charge in [0.05, 0.1) is 0 Å². The fourth-order valence-corrected chi connectivity index (χ4v) is 3.68. The van der Waals surface area contributed by atoms with Gasteiger partial charge in [-0.3, -0.25) is 4.79 Å². The van der Waals surface area contributed by atoms with Crippen molar-refractivity contribution >= 4 is 5.91 Å². The molecule has 1 aromatic rings. The van der Waals surface area contributed by atoms with Crippen LogP contribution in [0.25, 0.3) is 0 Å². The first-order valence-electron chi connectivity index (χ1n) is 8.48. The Balaban J connectivity index is 1.57. The van der Waals surface area contributed by atoms with Crippen molar-refractivity contribution in [3.63, 3.8) is 0 Å². The summed E-state index contributed by atoms with van der Waals surface area (Å²) in [6.07, 6.45) is 5.59. The number of hydrogen-bond donors (Lipinski definition) is 2. The summed E-state index contributed by atoms with van der Waals surface area (Å²) in [4.78, 5) is 14.7. The fourth-order valence-electron chi connectivity index (χ4n) is 3.68. The Morgan fingerprint density at radius 1 is 1.09 bits per heavy atom. The molecule has 0 aromatic heterocycles. The van der Waals surface area contributed by atoms with Gasteiger partial charge in [0, 0.05) is 19.1 Å². The smallest absolute Gasteiger partial charge is 0.241 e. The van der Waals surface area contributed by atoms with Crippen LogP contribution in [0.2, 0.25) is 0 Å². The van der Waals surface area contributed by atoms with Crippen molar-refractivity contribution in [2.24, 2.45) is 5.92 Å². The molecule has 120 valence electrons. The lowest BCUT2D eigenvalue weighted by atomic mass is 9.86. The molecule has 2 N–H and O–H groups in total. The van der Waals surface area contributed by atoms with Crippen molar-refractivity contribution in [3.8, 4) is 0 Å². The minimum atomic E-state index is -0.116. The number of benzene rings is 1. The number of nitrogens with zero attached hydrogens (tertiary/aromatic N) is 1. The van der Waals surface area contributed by atoms with Crippen LogP contribution >= 0.6 is 0 Å². The highest BCUT2D eigenvalue weighted by molar-refractivity contribution is 5.82. The first-order valence-corrected chi connectivity index (χ1v) is 8.48. The number of hydrogen-bond acceptors (Lipinski definition) is 3. The summed E-state index contributed by atoms with van der Waals surface area (Å²) in [5.74, 6) is 1.04. The van der Waals surface area contributed by atoms with Crippen molar-refractivity contribution in [3.05, 3.63) is 35.9 Å². The number of carbonyl (C=O) groups is 1. The van der Waals surface area contributed by atoms with E-state index < -0.39 is 0 Å². The van der Waals surface area contributed by atoms with Gasteiger partial charge in [-0.15, -0.1) is 0 Å². The molecule has 1 heterocycles. The van der Waals surface area contributed by atoms with E-state index in [0.29, 0.717) is 6.04 Å². The molecule has 1 saturated heterocycles. The van der Waals surface area contributed by atoms with E-state index in [1.54, 1.807) is 0 Å². The van der Waals surface area contributed by atoms with E-state index in [0.717, 1.165) is 25.2 Å². The Morgan fingerprint density at radius 2 is 1.77 bits per heavy atom. The third kappa shape index (κ3) is 3.33. The molecule has 2 fully saturated rings. The fraction of sp³-hybridized carbons (Fsp3) is 0.611. The second kappa shape index (κ2) is 6.80. The Kier molecular flexibility index (Phi) is 4.79. The van der Waals surface area contributed by atoms with Gasteiger partial charge in [0.15, 0.2) is 0 Å². The minimum absolute atomic E-state index is 0.116. The number of nitrogens with one attached hydrogen (secondary N) is 2. The van der Waals surface area contributed by atoms with E-state index in [2.05, 4.69) is 29.9 Å². The molecule has 1 aromatic carbocycles. The van der Waals surface area contributed by atoms with E-state index in [9.17, 15) is 4.79 Å². The average Bonchev–Trinajstić information content (AvgIpc) is 3.05. The Labute approximate surface area is 133 Å². The van der Waals surface area contributed by atoms with Gasteiger partial charge in [-0.25, -0.2) is 10.9 Å². The summed E-state index contributed by atoms with van der Waals surface area (Å²) in [6.45, 7) is 2.31. The van der Waals surface area contributed by atoms with Crippen LogP contribution in [0.1, 0.15) is 50.6 Å². The van der Waals surface area contributed by atoms with Crippen molar-refractivity contribution < 1.29 is 4.79 Å². The molecule has 1 amide bonds. The Bertz CT molecular complexity index is 496. The molecule has 1 saturated carbocycles. The third-order valence-corrected chi connectivity index (χ3v) is 5.28. The van der Waals surface area contributed by atoms with Crippen LogP contribution in [0.15, 0.2) is 30.3 Å². The summed E-state index contributed by atoms with van der Waals surface area (Å²) in [5, 5.41) is 0. The number of rotatable bonds is 3. The quantitative estimate of drug-likeness (QED) is 0.902. The number of amides is 1. The van der Waals surface area contributed by atoms with Crippen molar-refractivity contribution in [2.45, 2.75) is 57.2 Å². The maximum Gasteiger partial charge on any atom is 0.241 e. The van der Waals surface area contributed by atoms with Gasteiger partial charge in [-0.1, -0.05) is 37.3 Å². The van der Waals surface area contributed by atoms with E-state index in [1.807, 2.05) is 30.1 Å². The van der Waals surface area contributed by atoms with Gasteiger partial charge < -0.3 is 4.90 Å². The van der Waals surface area contributed by atoms with Crippen molar-refractivity contribution in [1.29, 1.82) is 0 Å². The second-order valence-corrected chi connectivity index (χ2v) is 6.90. The zero-order valence-electron chi connectivity index (χ0n) is 13.6. The highest BCUT2D eigenvalue weighted by atomic mass is 16.2. The third-order valence-electron chi connectivity index (χ3n) is 5.28. The zero-order chi connectivity index (χ0) is 15.5. The highest BCUT2D eigenvalue weighted by Gasteiger charge is 2.34. The van der Waals surface area contributed by atoms with E-state index in [-0.39, 0.29) is 18.0 Å². The maximum atomic E-state index is 12.7. The Morgan fingerprint density at radius 3 is 2.45 bits per heavy atom. The van der Waals surface area contributed by atoms with E-state index in [4.69, 9.17) is 0 Å². The lowest BCUT2D eigenvalue weighted by Gasteiger charge is -2.34. The van der Waals surface area contributed by atoms with Gasteiger partial charge in [-0.05, 0) is 43.6 Å². The normalized spacial score (nSPS) is 31.9. The molecule has 2 unspecified atom stereocenters. The molecular formula is C18H27N3O. The average molecular weight is 301 g/mol. The van der Waals surface area contributed by atoms with Crippen LogP contribution in [0, 0.1) is 5.92 Å². The number of likely N-dealkylation sites (N-methyl/N-ethyl adjacent to an activating group) is 1. The van der Waals surface area contributed by atoms with Crippen LogP contribution in [0.5, 0.6) is 0 Å². The van der Waals surface area contributed by atoms with Crippen LogP contribution in [-0.4, -0.2) is 29.9 Å². The second-order valence-electron chi connectivity index (χ2n) is 6.90. The summed E-state index contributed by atoms with van der Waals surface area (Å²) in [6, 6.07) is 10.8. The molecule has 2 atom stereocenters. The van der Waals surface area contributed by atoms with Gasteiger partial charge in [0.25, 0.3) is 0 Å². The first kappa shape index (κ1) is 15.5. The molecule has 3 rings (SSSR count). The zero-order valence-corrected chi connectivity index (χ0v) is 13.6. The van der Waals surface area contributed by atoms with Crippen LogP contribution in [0.4, 0.5) is 0 Å². The highest BCUT2D eigenvalue weighted by Crippen LogP contribution is 2.28. The van der Waals surface area contributed by atoms with Gasteiger partial charge in [-0.2, -0.15) is 0 Å². The van der Waals surface area contributed by atoms with Crippen molar-refractivity contribution in [1.82, 2.24) is 15.8 Å². The van der Waals surface area contributed by atoms with Gasteiger partial charge >= 0.3 is 0 Å². The summed E-state index contributed by atoms with van der Waals surface area (Å²) < 4.78 is 0. The molecule has 1 aliphatic heterocycles. The first-order chi connectivity index (χ1) is 10.6. The van der Waals surface area contributed by atoms with Crippen LogP contribution in [0.3, 0.4) is 0 Å². The van der Waals surface area contributed by atoms with Crippen LogP contribution < -0.4 is 10.9 Å². The van der Waals surface area contributed by atoms with Gasteiger partial charge in [0.2, 0.25) is 5.91 Å². The van der Waals surface area contributed by atoms with Gasteiger partial charge in [0.1, 0.15) is 6.04 Å². The lowest BCUT2D eigenvalue weighted by molar-refractivity contribution is -0.134. The van der Waals surface area contributed by atoms with Crippen LogP contribution in [-0.2, 0) is 4.79 Å². The maximum absolute atomic E-state index is 12.7.